The van der Waals surface area contributed by atoms with Crippen molar-refractivity contribution in [3.63, 3.8) is 0 Å². The number of dihydropyridines is 1. The quantitative estimate of drug-likeness (QED) is 0.251. The molecule has 5 rings (SSSR count). The Balaban J connectivity index is 1.36. The largest absolute Gasteiger partial charge is 0.478 e. The molecule has 3 unspecified atom stereocenters. The van der Waals surface area contributed by atoms with Crippen LogP contribution in [-0.4, -0.2) is 40.0 Å². The molecule has 9 nitrogen and oxygen atoms in total. The van der Waals surface area contributed by atoms with Crippen molar-refractivity contribution in [2.45, 2.75) is 39.2 Å². The van der Waals surface area contributed by atoms with Gasteiger partial charge >= 0.3 is 11.9 Å². The molecule has 2 aliphatic heterocycles. The summed E-state index contributed by atoms with van der Waals surface area (Å²) >= 11 is 0. The number of allylic oxidation sites excluding steroid dienone is 6. The maximum Gasteiger partial charge on any atom is 0.336 e. The van der Waals surface area contributed by atoms with Gasteiger partial charge < -0.3 is 20.1 Å². The van der Waals surface area contributed by atoms with Gasteiger partial charge in [0.15, 0.2) is 0 Å². The topological polar surface area (TPSA) is 122 Å². The van der Waals surface area contributed by atoms with E-state index in [0.29, 0.717) is 17.0 Å². The number of rotatable bonds is 8. The number of nitro benzene ring substituents is 1. The Labute approximate surface area is 238 Å². The number of hydrogen-bond donors (Lipinski definition) is 2. The molecular formula is C32H33N3O6. The lowest BCUT2D eigenvalue weighted by Gasteiger charge is -2.43. The van der Waals surface area contributed by atoms with Gasteiger partial charge in [0.25, 0.3) is 5.69 Å². The number of piperidine rings is 1. The van der Waals surface area contributed by atoms with Crippen molar-refractivity contribution in [2.75, 3.05) is 13.2 Å². The number of esters is 1. The molecule has 41 heavy (non-hydrogen) atoms. The van der Waals surface area contributed by atoms with Crippen LogP contribution in [0.2, 0.25) is 0 Å². The highest BCUT2D eigenvalue weighted by molar-refractivity contribution is 5.99. The zero-order chi connectivity index (χ0) is 29.1. The summed E-state index contributed by atoms with van der Waals surface area (Å²) in [7, 11) is 0. The normalized spacial score (nSPS) is 22.0. The minimum absolute atomic E-state index is 0.0418. The maximum atomic E-state index is 13.7. The number of fused-ring (bicyclic) bond motifs is 1. The number of carboxylic acid groups (broad SMARTS) is 1. The highest BCUT2D eigenvalue weighted by atomic mass is 16.6. The molecule has 0 spiro atoms. The van der Waals surface area contributed by atoms with Crippen LogP contribution in [0.4, 0.5) is 5.69 Å². The van der Waals surface area contributed by atoms with Gasteiger partial charge in [-0.1, -0.05) is 54.6 Å². The van der Waals surface area contributed by atoms with Gasteiger partial charge in [-0.3, -0.25) is 10.1 Å². The average Bonchev–Trinajstić information content (AvgIpc) is 2.96. The van der Waals surface area contributed by atoms with Crippen molar-refractivity contribution in [1.29, 1.82) is 0 Å². The van der Waals surface area contributed by atoms with E-state index in [4.69, 9.17) is 4.74 Å². The highest BCUT2D eigenvalue weighted by Gasteiger charge is 2.39. The molecule has 2 N–H and O–H groups in total. The molecule has 1 saturated heterocycles. The number of nitrogens with one attached hydrogen (secondary N) is 1. The van der Waals surface area contributed by atoms with Gasteiger partial charge in [0, 0.05) is 54.1 Å². The van der Waals surface area contributed by atoms with Gasteiger partial charge in [-0.15, -0.1) is 0 Å². The summed E-state index contributed by atoms with van der Waals surface area (Å²) in [6.07, 6.45) is 8.06. The zero-order valence-electron chi connectivity index (χ0n) is 23.1. The molecule has 9 heteroatoms. The molecule has 0 radical (unpaired) electrons. The molecule has 2 aromatic rings. The third kappa shape index (κ3) is 5.79. The first-order valence-corrected chi connectivity index (χ1v) is 13.7. The molecule has 3 atom stereocenters. The molecule has 2 aromatic carbocycles. The van der Waals surface area contributed by atoms with Crippen molar-refractivity contribution in [2.24, 2.45) is 11.8 Å². The lowest BCUT2D eigenvalue weighted by atomic mass is 9.78. The van der Waals surface area contributed by atoms with Gasteiger partial charge in [-0.05, 0) is 43.9 Å². The number of nitro groups is 1. The van der Waals surface area contributed by atoms with E-state index in [1.54, 1.807) is 19.9 Å². The number of carbonyl (C=O) groups is 2. The van der Waals surface area contributed by atoms with Crippen LogP contribution in [0.1, 0.15) is 43.7 Å². The van der Waals surface area contributed by atoms with Gasteiger partial charge in [0.2, 0.25) is 0 Å². The summed E-state index contributed by atoms with van der Waals surface area (Å²) in [4.78, 5) is 39.3. The summed E-state index contributed by atoms with van der Waals surface area (Å²) in [6, 6.07) is 16.1. The lowest BCUT2D eigenvalue weighted by molar-refractivity contribution is -0.384. The van der Waals surface area contributed by atoms with Crippen molar-refractivity contribution in [1.82, 2.24) is 10.2 Å². The Hall–Kier alpha value is -4.66. The smallest absolute Gasteiger partial charge is 0.336 e. The fraction of sp³-hybridized carbons (Fsp3) is 0.312. The Morgan fingerprint density at radius 1 is 1.10 bits per heavy atom. The molecular weight excluding hydrogens is 522 g/mol. The number of hydrogen-bond acceptors (Lipinski definition) is 7. The maximum absolute atomic E-state index is 13.7. The van der Waals surface area contributed by atoms with Crippen LogP contribution < -0.4 is 5.32 Å². The lowest BCUT2D eigenvalue weighted by Crippen LogP contribution is -2.41. The summed E-state index contributed by atoms with van der Waals surface area (Å²) < 4.78 is 5.93. The summed E-state index contributed by atoms with van der Waals surface area (Å²) in [5.41, 5.74) is 3.59. The van der Waals surface area contributed by atoms with Crippen LogP contribution in [0.25, 0.3) is 0 Å². The van der Waals surface area contributed by atoms with Crippen LogP contribution in [0.15, 0.2) is 101 Å². The SMILES string of the molecule is CC1=C(C(=O)O)C(c2cccc([N+](=O)[O-])c2)C(C(=O)OCC2CCN(Cc3ccccc3)C3=CC=CCC32)=C(C)N1. The molecule has 212 valence electrons. The number of non-ortho nitro benzene ring substituents is 1. The first kappa shape index (κ1) is 27.9. The molecule has 0 aromatic heterocycles. The third-order valence-electron chi connectivity index (χ3n) is 8.15. The minimum atomic E-state index is -1.21. The molecule has 0 amide bonds. The highest BCUT2D eigenvalue weighted by Crippen LogP contribution is 2.41. The predicted octanol–water partition coefficient (Wildman–Crippen LogP) is 5.44. The van der Waals surface area contributed by atoms with Crippen molar-refractivity contribution >= 4 is 17.6 Å². The number of likely N-dealkylation sites (tertiary alicyclic amines) is 1. The van der Waals surface area contributed by atoms with Crippen molar-refractivity contribution in [3.8, 4) is 0 Å². The second kappa shape index (κ2) is 11.8. The molecule has 0 saturated carbocycles. The fourth-order valence-electron chi connectivity index (χ4n) is 6.20. The number of benzene rings is 2. The standard InChI is InChI=1S/C32H33N3O6/c1-20-28(31(36)37)30(23-11-8-12-25(17-23)35(39)40)29(21(2)33-20)32(38)41-19-24-15-16-34(18-22-9-4-3-5-10-22)27-14-7-6-13-26(24)27/h3-12,14,17,24,26,30,33H,13,15-16,18-19H2,1-2H3,(H,36,37). The number of nitrogens with zero attached hydrogens (tertiary/aromatic N) is 2. The molecule has 1 aliphatic carbocycles. The number of carbonyl (C=O) groups excluding carboxylic acids is 1. The van der Waals surface area contributed by atoms with Gasteiger partial charge in [-0.25, -0.2) is 9.59 Å². The van der Waals surface area contributed by atoms with Crippen LogP contribution in [0, 0.1) is 22.0 Å². The van der Waals surface area contributed by atoms with E-state index in [1.165, 1.54) is 29.5 Å². The van der Waals surface area contributed by atoms with Gasteiger partial charge in [-0.2, -0.15) is 0 Å². The van der Waals surface area contributed by atoms with E-state index >= 15 is 0 Å². The number of aliphatic carboxylic acids is 1. The second-order valence-corrected chi connectivity index (χ2v) is 10.7. The molecule has 2 heterocycles. The molecule has 3 aliphatic rings. The monoisotopic (exact) mass is 555 g/mol. The Bertz CT molecular complexity index is 1490. The Kier molecular flexibility index (Phi) is 8.05. The van der Waals surface area contributed by atoms with Gasteiger partial charge in [0.1, 0.15) is 0 Å². The van der Waals surface area contributed by atoms with E-state index in [1.807, 2.05) is 18.2 Å². The number of carboxylic acids is 1. The van der Waals surface area contributed by atoms with E-state index in [2.05, 4.69) is 40.6 Å². The van der Waals surface area contributed by atoms with Crippen LogP contribution in [0.3, 0.4) is 0 Å². The van der Waals surface area contributed by atoms with Crippen LogP contribution in [0.5, 0.6) is 0 Å². The predicted molar refractivity (Wildman–Crippen MR) is 153 cm³/mol. The van der Waals surface area contributed by atoms with E-state index in [-0.39, 0.29) is 35.3 Å². The summed E-state index contributed by atoms with van der Waals surface area (Å²) in [6.45, 7) is 5.15. The second-order valence-electron chi connectivity index (χ2n) is 10.7. The Morgan fingerprint density at radius 3 is 2.59 bits per heavy atom. The fourth-order valence-corrected chi connectivity index (χ4v) is 6.20. The summed E-state index contributed by atoms with van der Waals surface area (Å²) in [5, 5.41) is 24.5. The van der Waals surface area contributed by atoms with Crippen LogP contribution >= 0.6 is 0 Å². The van der Waals surface area contributed by atoms with Crippen molar-refractivity contribution in [3.05, 3.63) is 122 Å². The third-order valence-corrected chi connectivity index (χ3v) is 8.15. The Morgan fingerprint density at radius 2 is 1.85 bits per heavy atom. The molecule has 1 fully saturated rings. The molecule has 0 bridgehead atoms. The van der Waals surface area contributed by atoms with E-state index in [0.717, 1.165) is 25.9 Å². The van der Waals surface area contributed by atoms with Crippen molar-refractivity contribution < 1.29 is 24.4 Å². The van der Waals surface area contributed by atoms with E-state index in [9.17, 15) is 24.8 Å². The first-order chi connectivity index (χ1) is 19.7. The average molecular weight is 556 g/mol. The van der Waals surface area contributed by atoms with E-state index < -0.39 is 22.8 Å². The summed E-state index contributed by atoms with van der Waals surface area (Å²) in [5.74, 6) is -2.54. The first-order valence-electron chi connectivity index (χ1n) is 13.7. The minimum Gasteiger partial charge on any atom is -0.478 e. The number of ether oxygens (including phenoxy) is 1. The van der Waals surface area contributed by atoms with Gasteiger partial charge in [0.05, 0.1) is 28.6 Å². The zero-order valence-corrected chi connectivity index (χ0v) is 23.1. The van der Waals surface area contributed by atoms with Crippen LogP contribution in [-0.2, 0) is 20.9 Å².